The molecule has 0 radical (unpaired) electrons. The van der Waals surface area contributed by atoms with Crippen molar-refractivity contribution in [3.05, 3.63) is 70.8 Å². The van der Waals surface area contributed by atoms with E-state index >= 15 is 0 Å². The van der Waals surface area contributed by atoms with Crippen LogP contribution in [-0.4, -0.2) is 56.3 Å². The predicted molar refractivity (Wildman–Crippen MR) is 159 cm³/mol. The lowest BCUT2D eigenvalue weighted by Gasteiger charge is -2.34. The molecule has 0 saturated carbocycles. The number of carbonyl (C=O) groups is 2. The van der Waals surface area contributed by atoms with Gasteiger partial charge in [0.1, 0.15) is 22.9 Å². The van der Waals surface area contributed by atoms with Gasteiger partial charge in [-0.15, -0.1) is 11.3 Å². The summed E-state index contributed by atoms with van der Waals surface area (Å²) >= 11 is 1.57. The Labute approximate surface area is 242 Å². The number of aromatic nitrogens is 4. The SMILES string of the molecule is COC/C=C/C(=O)N1CCCC[C@H]1c1nc(-c2ccc(C(=O)Nc3nc4c(s3)CCCC4)cc2)c2c(N)nccn12. The predicted octanol–water partition coefficient (Wildman–Crippen LogP) is 4.82. The minimum atomic E-state index is -0.208. The fraction of sp³-hybridized carbons (Fsp3) is 0.367. The lowest BCUT2D eigenvalue weighted by atomic mass is 10.0. The largest absolute Gasteiger partial charge is 0.382 e. The van der Waals surface area contributed by atoms with Gasteiger partial charge in [-0.3, -0.25) is 19.3 Å². The number of hydrogen-bond acceptors (Lipinski definition) is 8. The Hall–Kier alpha value is -4.09. The van der Waals surface area contributed by atoms with Crippen LogP contribution >= 0.6 is 11.3 Å². The first kappa shape index (κ1) is 27.1. The number of imidazole rings is 1. The Morgan fingerprint density at radius 2 is 1.98 bits per heavy atom. The van der Waals surface area contributed by atoms with Crippen molar-refractivity contribution < 1.29 is 14.3 Å². The highest BCUT2D eigenvalue weighted by atomic mass is 32.1. The zero-order valence-electron chi connectivity index (χ0n) is 23.0. The van der Waals surface area contributed by atoms with Gasteiger partial charge >= 0.3 is 0 Å². The van der Waals surface area contributed by atoms with Gasteiger partial charge in [0.05, 0.1) is 18.3 Å². The van der Waals surface area contributed by atoms with E-state index in [1.807, 2.05) is 27.6 Å². The van der Waals surface area contributed by atoms with E-state index in [1.54, 1.807) is 48.9 Å². The number of carbonyl (C=O) groups excluding carboxylic acids is 2. The highest BCUT2D eigenvalue weighted by Crippen LogP contribution is 2.36. The number of fused-ring (bicyclic) bond motifs is 2. The summed E-state index contributed by atoms with van der Waals surface area (Å²) < 4.78 is 7.00. The van der Waals surface area contributed by atoms with Crippen molar-refractivity contribution >= 4 is 39.6 Å². The minimum Gasteiger partial charge on any atom is -0.382 e. The van der Waals surface area contributed by atoms with E-state index in [0.29, 0.717) is 40.9 Å². The Balaban J connectivity index is 1.29. The average Bonchev–Trinajstić information content (AvgIpc) is 3.59. The number of likely N-dealkylation sites (tertiary alicyclic amines) is 1. The molecule has 1 fully saturated rings. The normalized spacial score (nSPS) is 17.2. The quantitative estimate of drug-likeness (QED) is 0.304. The van der Waals surface area contributed by atoms with E-state index in [9.17, 15) is 9.59 Å². The summed E-state index contributed by atoms with van der Waals surface area (Å²) in [6, 6.07) is 7.11. The van der Waals surface area contributed by atoms with Crippen molar-refractivity contribution in [3.8, 4) is 11.3 Å². The Morgan fingerprint density at radius 3 is 2.78 bits per heavy atom. The molecule has 2 amide bonds. The molecule has 2 aliphatic rings. The molecule has 212 valence electrons. The van der Waals surface area contributed by atoms with E-state index in [4.69, 9.17) is 15.5 Å². The maximum Gasteiger partial charge on any atom is 0.257 e. The van der Waals surface area contributed by atoms with Gasteiger partial charge in [0.25, 0.3) is 5.91 Å². The summed E-state index contributed by atoms with van der Waals surface area (Å²) in [7, 11) is 1.60. The van der Waals surface area contributed by atoms with Crippen molar-refractivity contribution in [3.63, 3.8) is 0 Å². The first-order valence-electron chi connectivity index (χ1n) is 14.0. The topological polar surface area (TPSA) is 128 Å². The molecule has 0 bridgehead atoms. The lowest BCUT2D eigenvalue weighted by molar-refractivity contribution is -0.130. The number of nitrogens with two attached hydrogens (primary N) is 1. The number of nitrogens with one attached hydrogen (secondary N) is 1. The van der Waals surface area contributed by atoms with Gasteiger partial charge in [0.15, 0.2) is 5.13 Å². The van der Waals surface area contributed by atoms with Crippen LogP contribution < -0.4 is 11.1 Å². The third-order valence-corrected chi connectivity index (χ3v) is 8.78. The molecule has 4 aromatic rings. The van der Waals surface area contributed by atoms with Crippen LogP contribution in [0.5, 0.6) is 0 Å². The van der Waals surface area contributed by atoms with E-state index < -0.39 is 0 Å². The average molecular weight is 572 g/mol. The molecular weight excluding hydrogens is 538 g/mol. The molecule has 11 heteroatoms. The standard InChI is InChI=1S/C30H33N7O3S/c1-40-18-6-10-24(38)36-16-5-4-8-22(36)28-34-25(26-27(31)32-15-17-37(26)28)19-11-13-20(14-12-19)29(39)35-30-33-21-7-2-3-9-23(21)41-30/h6,10-15,17,22H,2-5,7-9,16,18H2,1H3,(H2,31,32)(H,33,35,39)/b10-6+/t22-/m0/s1. The molecule has 6 rings (SSSR count). The maximum absolute atomic E-state index is 13.1. The van der Waals surface area contributed by atoms with Gasteiger partial charge in [0.2, 0.25) is 5.91 Å². The molecule has 3 aromatic heterocycles. The summed E-state index contributed by atoms with van der Waals surface area (Å²) in [6.07, 6.45) is 13.8. The summed E-state index contributed by atoms with van der Waals surface area (Å²) in [4.78, 5) is 43.2. The first-order chi connectivity index (χ1) is 20.0. The van der Waals surface area contributed by atoms with Crippen LogP contribution in [-0.2, 0) is 22.4 Å². The van der Waals surface area contributed by atoms with Crippen LogP contribution in [0.2, 0.25) is 0 Å². The second-order valence-electron chi connectivity index (χ2n) is 10.4. The monoisotopic (exact) mass is 571 g/mol. The van der Waals surface area contributed by atoms with Gasteiger partial charge in [-0.2, -0.15) is 0 Å². The number of nitrogen functional groups attached to an aromatic ring is 1. The van der Waals surface area contributed by atoms with Crippen molar-refractivity contribution in [2.75, 3.05) is 31.3 Å². The summed E-state index contributed by atoms with van der Waals surface area (Å²) in [5, 5.41) is 3.61. The van der Waals surface area contributed by atoms with Crippen LogP contribution in [0.3, 0.4) is 0 Å². The third kappa shape index (κ3) is 5.47. The smallest absolute Gasteiger partial charge is 0.257 e. The van der Waals surface area contributed by atoms with Crippen molar-refractivity contribution in [1.82, 2.24) is 24.3 Å². The molecule has 0 unspecified atom stereocenters. The molecule has 1 atom stereocenters. The summed E-state index contributed by atoms with van der Waals surface area (Å²) in [5.74, 6) is 0.831. The Bertz CT molecular complexity index is 1580. The fourth-order valence-electron chi connectivity index (χ4n) is 5.68. The summed E-state index contributed by atoms with van der Waals surface area (Å²) in [5.41, 5.74) is 10.2. The molecule has 41 heavy (non-hydrogen) atoms. The van der Waals surface area contributed by atoms with Crippen molar-refractivity contribution in [2.45, 2.75) is 51.0 Å². The lowest BCUT2D eigenvalue weighted by Crippen LogP contribution is -2.38. The van der Waals surface area contributed by atoms with Crippen LogP contribution in [0, 0.1) is 0 Å². The molecule has 10 nitrogen and oxygen atoms in total. The second-order valence-corrected chi connectivity index (χ2v) is 11.5. The van der Waals surface area contributed by atoms with Crippen LogP contribution in [0.4, 0.5) is 10.9 Å². The number of piperidine rings is 1. The zero-order chi connectivity index (χ0) is 28.3. The Kier molecular flexibility index (Phi) is 7.80. The number of rotatable bonds is 7. The second kappa shape index (κ2) is 11.8. The first-order valence-corrected chi connectivity index (χ1v) is 14.8. The number of hydrogen-bond donors (Lipinski definition) is 2. The molecule has 1 saturated heterocycles. The number of amides is 2. The van der Waals surface area contributed by atoms with Gasteiger partial charge in [-0.05, 0) is 57.1 Å². The molecule has 0 spiro atoms. The van der Waals surface area contributed by atoms with E-state index in [1.165, 1.54) is 11.3 Å². The van der Waals surface area contributed by atoms with Gasteiger partial charge in [-0.1, -0.05) is 18.2 Å². The number of ether oxygens (including phenoxy) is 1. The number of thiazole rings is 1. The van der Waals surface area contributed by atoms with E-state index in [0.717, 1.165) is 55.6 Å². The van der Waals surface area contributed by atoms with Gasteiger partial charge < -0.3 is 15.4 Å². The number of anilines is 2. The highest BCUT2D eigenvalue weighted by Gasteiger charge is 2.31. The van der Waals surface area contributed by atoms with Crippen LogP contribution in [0.15, 0.2) is 48.8 Å². The fourth-order valence-corrected chi connectivity index (χ4v) is 6.73. The number of nitrogens with zero attached hydrogens (tertiary/aromatic N) is 5. The van der Waals surface area contributed by atoms with Crippen molar-refractivity contribution in [1.29, 1.82) is 0 Å². The number of aryl methyl sites for hydroxylation is 2. The molecule has 3 N–H and O–H groups in total. The van der Waals surface area contributed by atoms with Crippen molar-refractivity contribution in [2.24, 2.45) is 0 Å². The number of methoxy groups -OCH3 is 1. The zero-order valence-corrected chi connectivity index (χ0v) is 23.8. The molecule has 1 aliphatic carbocycles. The summed E-state index contributed by atoms with van der Waals surface area (Å²) in [6.45, 7) is 1.03. The van der Waals surface area contributed by atoms with Crippen LogP contribution in [0.25, 0.3) is 16.8 Å². The Morgan fingerprint density at radius 1 is 1.15 bits per heavy atom. The third-order valence-electron chi connectivity index (χ3n) is 7.70. The van der Waals surface area contributed by atoms with E-state index in [-0.39, 0.29) is 17.9 Å². The highest BCUT2D eigenvalue weighted by molar-refractivity contribution is 7.15. The molecule has 1 aromatic carbocycles. The maximum atomic E-state index is 13.1. The minimum absolute atomic E-state index is 0.0662. The number of benzene rings is 1. The molecule has 4 heterocycles. The van der Waals surface area contributed by atoms with Crippen LogP contribution in [0.1, 0.15) is 64.9 Å². The van der Waals surface area contributed by atoms with E-state index in [2.05, 4.69) is 15.3 Å². The molecule has 1 aliphatic heterocycles. The molecular formula is C30H33N7O3S. The van der Waals surface area contributed by atoms with Gasteiger partial charge in [0, 0.05) is 48.1 Å². The van der Waals surface area contributed by atoms with Gasteiger partial charge in [-0.25, -0.2) is 15.0 Å².